The van der Waals surface area contributed by atoms with Crippen LogP contribution in [0.3, 0.4) is 0 Å². The van der Waals surface area contributed by atoms with E-state index >= 15 is 0 Å². The van der Waals surface area contributed by atoms with Crippen molar-refractivity contribution in [2.24, 2.45) is 0 Å². The quantitative estimate of drug-likeness (QED) is 0.465. The number of carbonyl (C=O) groups excluding carboxylic acids is 2. The number of hydrogen-bond donors (Lipinski definition) is 2. The molecule has 2 aliphatic rings. The second kappa shape index (κ2) is 9.99. The van der Waals surface area contributed by atoms with Gasteiger partial charge < -0.3 is 20.0 Å². The van der Waals surface area contributed by atoms with Gasteiger partial charge in [0.15, 0.2) is 0 Å². The molecule has 2 aliphatic heterocycles. The Morgan fingerprint density at radius 2 is 1.67 bits per heavy atom. The third-order valence-electron chi connectivity index (χ3n) is 7.42. The van der Waals surface area contributed by atoms with E-state index in [0.29, 0.717) is 60.5 Å². The number of aliphatic hydroxyl groups is 2. The van der Waals surface area contributed by atoms with Crippen LogP contribution in [-0.2, 0) is 5.60 Å². The van der Waals surface area contributed by atoms with Gasteiger partial charge in [0.25, 0.3) is 5.91 Å². The Bertz CT molecular complexity index is 1320. The number of likely N-dealkylation sites (tertiary alicyclic amines) is 2. The highest BCUT2D eigenvalue weighted by Gasteiger charge is 2.37. The summed E-state index contributed by atoms with van der Waals surface area (Å²) in [5, 5.41) is 21.9. The van der Waals surface area contributed by atoms with Crippen LogP contribution in [0.4, 0.5) is 4.79 Å². The van der Waals surface area contributed by atoms with Crippen LogP contribution in [-0.4, -0.2) is 62.7 Å². The summed E-state index contributed by atoms with van der Waals surface area (Å²) in [7, 11) is 0. The fraction of sp³-hybridized carbons (Fsp3) is 0.357. The molecule has 3 heterocycles. The highest BCUT2D eigenvalue weighted by molar-refractivity contribution is 6.31. The largest absolute Gasteiger partial charge is 0.516 e. The van der Waals surface area contributed by atoms with Gasteiger partial charge in [-0.3, -0.25) is 9.36 Å². The summed E-state index contributed by atoms with van der Waals surface area (Å²) in [6.07, 6.45) is 7.98. The van der Waals surface area contributed by atoms with Crippen LogP contribution in [0.1, 0.15) is 53.6 Å². The Balaban J connectivity index is 1.41. The maximum Gasteiger partial charge on any atom is 0.328 e. The first-order valence-electron chi connectivity index (χ1n) is 12.4. The highest BCUT2D eigenvalue weighted by Crippen LogP contribution is 2.36. The summed E-state index contributed by atoms with van der Waals surface area (Å²) in [6, 6.07) is 12.5. The van der Waals surface area contributed by atoms with Gasteiger partial charge in [0.05, 0.1) is 22.9 Å². The lowest BCUT2D eigenvalue weighted by molar-refractivity contribution is -0.0212. The van der Waals surface area contributed by atoms with Gasteiger partial charge in [-0.05, 0) is 61.4 Å². The van der Waals surface area contributed by atoms with E-state index in [4.69, 9.17) is 11.6 Å². The number of piperidine rings is 2. The molecule has 0 aliphatic carbocycles. The predicted octanol–water partition coefficient (Wildman–Crippen LogP) is 5.40. The molecule has 7 nitrogen and oxygen atoms in total. The first kappa shape index (κ1) is 24.4. The van der Waals surface area contributed by atoms with Crippen LogP contribution in [0.2, 0.25) is 5.02 Å². The minimum absolute atomic E-state index is 0.136. The van der Waals surface area contributed by atoms with Gasteiger partial charge in [-0.15, -0.1) is 0 Å². The molecule has 1 aromatic heterocycles. The number of rotatable bonds is 3. The average Bonchev–Trinajstić information content (AvgIpc) is 3.28. The van der Waals surface area contributed by atoms with Crippen LogP contribution < -0.4 is 0 Å². The lowest BCUT2D eigenvalue weighted by Gasteiger charge is -2.39. The summed E-state index contributed by atoms with van der Waals surface area (Å²) in [5.74, 6) is -0.168. The van der Waals surface area contributed by atoms with Crippen molar-refractivity contribution in [3.8, 4) is 0 Å². The van der Waals surface area contributed by atoms with Crippen molar-refractivity contribution in [2.75, 3.05) is 26.2 Å². The molecule has 2 amide bonds. The Labute approximate surface area is 215 Å². The maximum atomic E-state index is 13.7. The van der Waals surface area contributed by atoms with Crippen LogP contribution in [0, 0.1) is 0 Å². The van der Waals surface area contributed by atoms with E-state index in [1.165, 1.54) is 0 Å². The molecule has 0 atom stereocenters. The Hall–Kier alpha value is -3.29. The maximum absolute atomic E-state index is 13.7. The zero-order valence-corrected chi connectivity index (χ0v) is 20.8. The summed E-state index contributed by atoms with van der Waals surface area (Å²) in [4.78, 5) is 30.6. The van der Waals surface area contributed by atoms with Crippen molar-refractivity contribution in [3.63, 3.8) is 0 Å². The number of carbonyl (C=O) groups is 2. The van der Waals surface area contributed by atoms with E-state index in [0.717, 1.165) is 36.7 Å². The molecule has 2 N–H and O–H groups in total. The molecule has 36 heavy (non-hydrogen) atoms. The first-order valence-corrected chi connectivity index (χ1v) is 12.8. The van der Waals surface area contributed by atoms with Crippen LogP contribution >= 0.6 is 11.6 Å². The lowest BCUT2D eigenvalue weighted by atomic mass is 9.82. The number of amides is 2. The van der Waals surface area contributed by atoms with Crippen molar-refractivity contribution in [1.82, 2.24) is 14.4 Å². The van der Waals surface area contributed by atoms with Gasteiger partial charge in [0, 0.05) is 42.8 Å². The van der Waals surface area contributed by atoms with Gasteiger partial charge in [-0.1, -0.05) is 41.9 Å². The monoisotopic (exact) mass is 507 g/mol. The zero-order chi connectivity index (χ0) is 25.3. The fourth-order valence-corrected chi connectivity index (χ4v) is 5.60. The molecule has 188 valence electrons. The van der Waals surface area contributed by atoms with Crippen LogP contribution in [0.15, 0.2) is 54.9 Å². The van der Waals surface area contributed by atoms with Crippen molar-refractivity contribution in [3.05, 3.63) is 76.6 Å². The van der Waals surface area contributed by atoms with Gasteiger partial charge >= 0.3 is 6.03 Å². The summed E-state index contributed by atoms with van der Waals surface area (Å²) in [5.41, 5.74) is 1.47. The third kappa shape index (κ3) is 4.49. The number of aromatic nitrogens is 1. The fourth-order valence-electron chi connectivity index (χ4n) is 5.43. The Kier molecular flexibility index (Phi) is 6.77. The molecule has 0 unspecified atom stereocenters. The Morgan fingerprint density at radius 1 is 0.944 bits per heavy atom. The second-order valence-electron chi connectivity index (χ2n) is 9.63. The number of hydrogen-bond acceptors (Lipinski definition) is 4. The number of benzene rings is 2. The van der Waals surface area contributed by atoms with Crippen molar-refractivity contribution < 1.29 is 19.8 Å². The molecule has 2 saturated heterocycles. The van der Waals surface area contributed by atoms with Gasteiger partial charge in [-0.25, -0.2) is 4.79 Å². The van der Waals surface area contributed by atoms with E-state index in [2.05, 4.69) is 0 Å². The van der Waals surface area contributed by atoms with Gasteiger partial charge in [-0.2, -0.15) is 0 Å². The molecular weight excluding hydrogens is 478 g/mol. The van der Waals surface area contributed by atoms with Crippen LogP contribution in [0.25, 0.3) is 17.0 Å². The number of halogens is 1. The predicted molar refractivity (Wildman–Crippen MR) is 140 cm³/mol. The molecule has 0 bridgehead atoms. The zero-order valence-electron chi connectivity index (χ0n) is 20.1. The molecular formula is C28H30ClN3O4. The standard InChI is InChI=1S/C28H30ClN3O4/c29-21-8-9-22-23(19-32(25(22)18-21)27(35)31-13-4-1-5-14-31)26(34)30-15-11-28(36,12-16-30)24-7-3-2-6-20(24)10-17-33/h2-3,6-10,17-19,33,36H,1,4-5,11-16H2/b17-10+. The molecule has 8 heteroatoms. The minimum atomic E-state index is -1.10. The second-order valence-corrected chi connectivity index (χ2v) is 10.1. The summed E-state index contributed by atoms with van der Waals surface area (Å²) in [6.45, 7) is 2.15. The van der Waals surface area contributed by atoms with E-state index < -0.39 is 5.60 Å². The minimum Gasteiger partial charge on any atom is -0.516 e. The van der Waals surface area contributed by atoms with Crippen molar-refractivity contribution in [1.29, 1.82) is 0 Å². The third-order valence-corrected chi connectivity index (χ3v) is 7.66. The van der Waals surface area contributed by atoms with Crippen molar-refractivity contribution >= 4 is 40.5 Å². The normalized spacial score (nSPS) is 18.2. The number of nitrogens with zero attached hydrogens (tertiary/aromatic N) is 3. The van der Waals surface area contributed by atoms with Crippen LogP contribution in [0.5, 0.6) is 0 Å². The average molecular weight is 508 g/mol. The molecule has 0 spiro atoms. The Morgan fingerprint density at radius 3 is 2.39 bits per heavy atom. The number of fused-ring (bicyclic) bond motifs is 1. The van der Waals surface area contributed by atoms with E-state index in [1.54, 1.807) is 39.9 Å². The molecule has 2 fully saturated rings. The molecule has 0 saturated carbocycles. The summed E-state index contributed by atoms with van der Waals surface area (Å²) >= 11 is 6.26. The lowest BCUT2D eigenvalue weighted by Crippen LogP contribution is -2.45. The highest BCUT2D eigenvalue weighted by atomic mass is 35.5. The van der Waals surface area contributed by atoms with Gasteiger partial charge in [0.2, 0.25) is 0 Å². The van der Waals surface area contributed by atoms with E-state index in [9.17, 15) is 19.8 Å². The molecule has 2 aromatic carbocycles. The van der Waals surface area contributed by atoms with E-state index in [-0.39, 0.29) is 11.9 Å². The molecule has 5 rings (SSSR count). The smallest absolute Gasteiger partial charge is 0.328 e. The summed E-state index contributed by atoms with van der Waals surface area (Å²) < 4.78 is 1.55. The van der Waals surface area contributed by atoms with E-state index in [1.807, 2.05) is 29.2 Å². The molecule has 3 aromatic rings. The first-order chi connectivity index (χ1) is 17.4. The topological polar surface area (TPSA) is 86.0 Å². The number of aliphatic hydroxyl groups excluding tert-OH is 1. The SMILES string of the molecule is O=C(c1cn(C(=O)N2CCCCC2)c2cc(Cl)ccc12)N1CCC(O)(c2ccccc2/C=C/O)CC1. The molecule has 0 radical (unpaired) electrons. The van der Waals surface area contributed by atoms with Gasteiger partial charge in [0.1, 0.15) is 0 Å². The van der Waals surface area contributed by atoms with Crippen molar-refractivity contribution in [2.45, 2.75) is 37.7 Å².